The fraction of sp³-hybridized carbons (Fsp3) is 0.536. The average molecular weight is 444 g/mol. The highest BCUT2D eigenvalue weighted by Crippen LogP contribution is 2.42. The highest BCUT2D eigenvalue weighted by molar-refractivity contribution is 6.50. The number of pyridine rings is 1. The lowest BCUT2D eigenvalue weighted by molar-refractivity contribution is -0.00298. The lowest BCUT2D eigenvalue weighted by atomic mass is 9.75. The molecule has 4 rings (SSSR count). The van der Waals surface area contributed by atoms with Crippen LogP contribution in [-0.4, -0.2) is 48.6 Å². The van der Waals surface area contributed by atoms with E-state index in [1.54, 1.807) is 0 Å². The van der Waals surface area contributed by atoms with Crippen molar-refractivity contribution in [1.82, 2.24) is 14.4 Å². The van der Waals surface area contributed by atoms with E-state index in [2.05, 4.69) is 94.3 Å². The van der Waals surface area contributed by atoms with E-state index in [1.807, 2.05) is 13.3 Å². The highest BCUT2D eigenvalue weighted by Gasteiger charge is 2.30. The maximum absolute atomic E-state index is 5.69. The number of hydrogen-bond donors (Lipinski definition) is 0. The van der Waals surface area contributed by atoms with Gasteiger partial charge in [0.25, 0.3) is 0 Å². The first kappa shape index (κ1) is 24.0. The molecule has 0 bridgehead atoms. The first-order valence-corrected chi connectivity index (χ1v) is 12.4. The summed E-state index contributed by atoms with van der Waals surface area (Å²) in [5.41, 5.74) is 6.38. The van der Waals surface area contributed by atoms with Crippen LogP contribution >= 0.6 is 0 Å². The second kappa shape index (κ2) is 10.0. The van der Waals surface area contributed by atoms with Crippen LogP contribution in [0.4, 0.5) is 0 Å². The number of rotatable bonds is 8. The predicted molar refractivity (Wildman–Crippen MR) is 139 cm³/mol. The van der Waals surface area contributed by atoms with Crippen LogP contribution in [0.5, 0.6) is 0 Å². The first-order chi connectivity index (χ1) is 15.8. The Labute approximate surface area is 200 Å². The van der Waals surface area contributed by atoms with Crippen molar-refractivity contribution in [3.05, 3.63) is 59.9 Å². The Kier molecular flexibility index (Phi) is 7.30. The first-order valence-electron chi connectivity index (χ1n) is 12.4. The van der Waals surface area contributed by atoms with Crippen LogP contribution in [0.2, 0.25) is 0 Å². The zero-order valence-electron chi connectivity index (χ0n) is 21.2. The summed E-state index contributed by atoms with van der Waals surface area (Å²) in [7, 11) is 8.10. The van der Waals surface area contributed by atoms with E-state index in [0.717, 1.165) is 12.3 Å². The van der Waals surface area contributed by atoms with Crippen LogP contribution in [0.25, 0.3) is 11.0 Å². The van der Waals surface area contributed by atoms with Crippen molar-refractivity contribution in [2.45, 2.75) is 70.4 Å². The molecule has 2 heterocycles. The molecule has 1 radical (unpaired) electrons. The molecule has 4 nitrogen and oxygen atoms in total. The van der Waals surface area contributed by atoms with Crippen molar-refractivity contribution >= 4 is 23.9 Å². The Hall–Kier alpha value is -2.11. The van der Waals surface area contributed by atoms with Gasteiger partial charge in [-0.25, -0.2) is 0 Å². The highest BCUT2D eigenvalue weighted by atomic mass is 16.5. The SMILES string of the molecule is COC(C)(C)CC1CCC(c2cn(C(C)c3ccc([B]N(C)C)cc3)c3cccnc23)CC1. The smallest absolute Gasteiger partial charge is 0.247 e. The average Bonchev–Trinajstić information content (AvgIpc) is 3.19. The minimum absolute atomic E-state index is 0.0234. The second-order valence-corrected chi connectivity index (χ2v) is 10.7. The normalized spacial score (nSPS) is 20.3. The third-order valence-corrected chi connectivity index (χ3v) is 7.48. The molecular weight excluding hydrogens is 405 g/mol. The van der Waals surface area contributed by atoms with Crippen molar-refractivity contribution < 1.29 is 4.74 Å². The fourth-order valence-electron chi connectivity index (χ4n) is 5.50. The second-order valence-electron chi connectivity index (χ2n) is 10.7. The van der Waals surface area contributed by atoms with Crippen molar-refractivity contribution in [1.29, 1.82) is 0 Å². The zero-order valence-corrected chi connectivity index (χ0v) is 21.2. The van der Waals surface area contributed by atoms with E-state index in [4.69, 9.17) is 9.72 Å². The largest absolute Gasteiger partial charge is 0.379 e. The number of nitrogens with zero attached hydrogens (tertiary/aromatic N) is 3. The van der Waals surface area contributed by atoms with Crippen molar-refractivity contribution in [2.75, 3.05) is 21.2 Å². The van der Waals surface area contributed by atoms with E-state index >= 15 is 0 Å². The molecule has 1 aliphatic carbocycles. The summed E-state index contributed by atoms with van der Waals surface area (Å²) >= 11 is 0. The summed E-state index contributed by atoms with van der Waals surface area (Å²) < 4.78 is 8.12. The quantitative estimate of drug-likeness (QED) is 0.428. The van der Waals surface area contributed by atoms with E-state index in [9.17, 15) is 0 Å². The summed E-state index contributed by atoms with van der Waals surface area (Å²) in [4.78, 5) is 6.92. The van der Waals surface area contributed by atoms with Gasteiger partial charge in [-0.1, -0.05) is 29.7 Å². The Morgan fingerprint density at radius 1 is 1.12 bits per heavy atom. The van der Waals surface area contributed by atoms with E-state index < -0.39 is 0 Å². The van der Waals surface area contributed by atoms with Gasteiger partial charge in [0.15, 0.2) is 0 Å². The van der Waals surface area contributed by atoms with Gasteiger partial charge in [0, 0.05) is 19.5 Å². The zero-order chi connectivity index (χ0) is 23.6. The van der Waals surface area contributed by atoms with Crippen LogP contribution in [-0.2, 0) is 4.74 Å². The van der Waals surface area contributed by atoms with Gasteiger partial charge in [0.1, 0.15) is 0 Å². The molecule has 1 unspecified atom stereocenters. The van der Waals surface area contributed by atoms with Crippen LogP contribution in [0, 0.1) is 5.92 Å². The molecule has 0 saturated heterocycles. The number of hydrogen-bond acceptors (Lipinski definition) is 3. The van der Waals surface area contributed by atoms with Crippen LogP contribution in [0.1, 0.15) is 76.0 Å². The number of ether oxygens (including phenoxy) is 1. The van der Waals surface area contributed by atoms with Gasteiger partial charge in [-0.15, -0.1) is 0 Å². The summed E-state index contributed by atoms with van der Waals surface area (Å²) in [6.45, 7) is 6.72. The molecule has 0 spiro atoms. The van der Waals surface area contributed by atoms with Gasteiger partial charge < -0.3 is 14.1 Å². The maximum Gasteiger partial charge on any atom is 0.247 e. The number of methoxy groups -OCH3 is 1. The predicted octanol–water partition coefficient (Wildman–Crippen LogP) is 5.54. The third kappa shape index (κ3) is 5.52. The molecule has 2 aromatic heterocycles. The van der Waals surface area contributed by atoms with E-state index in [1.165, 1.54) is 53.3 Å². The maximum atomic E-state index is 5.69. The Balaban J connectivity index is 1.55. The van der Waals surface area contributed by atoms with Crippen LogP contribution in [0.15, 0.2) is 48.8 Å². The minimum Gasteiger partial charge on any atom is -0.379 e. The number of aromatic nitrogens is 2. The molecule has 1 aliphatic rings. The van der Waals surface area contributed by atoms with Gasteiger partial charge in [-0.2, -0.15) is 0 Å². The monoisotopic (exact) mass is 444 g/mol. The molecule has 0 aliphatic heterocycles. The molecule has 1 atom stereocenters. The standard InChI is InChI=1S/C28H39BN3O/c1-20(22-13-15-24(16-14-22)29-31(4)5)32-19-25(27-26(32)8-7-17-30-27)23-11-9-21(10-12-23)18-28(2,3)33-6/h7-8,13-17,19-21,23H,9-12,18H2,1-6H3. The van der Waals surface area contributed by atoms with Gasteiger partial charge in [0.05, 0.1) is 22.7 Å². The van der Waals surface area contributed by atoms with E-state index in [0.29, 0.717) is 5.92 Å². The van der Waals surface area contributed by atoms with Gasteiger partial charge in [0.2, 0.25) is 7.41 Å². The van der Waals surface area contributed by atoms with Crippen molar-refractivity contribution in [3.63, 3.8) is 0 Å². The molecule has 0 amide bonds. The molecule has 33 heavy (non-hydrogen) atoms. The Bertz CT molecular complexity index is 1050. The fourth-order valence-corrected chi connectivity index (χ4v) is 5.50. The molecule has 0 N–H and O–H groups in total. The van der Waals surface area contributed by atoms with Gasteiger partial charge in [-0.05, 0) is 102 Å². The molecule has 3 aromatic rings. The van der Waals surface area contributed by atoms with E-state index in [-0.39, 0.29) is 11.6 Å². The molecule has 1 saturated carbocycles. The van der Waals surface area contributed by atoms with Crippen molar-refractivity contribution in [3.8, 4) is 0 Å². The lowest BCUT2D eigenvalue weighted by Gasteiger charge is -2.33. The molecule has 1 fully saturated rings. The summed E-state index contributed by atoms with van der Waals surface area (Å²) in [5, 5.41) is 0. The third-order valence-electron chi connectivity index (χ3n) is 7.48. The topological polar surface area (TPSA) is 30.3 Å². The summed E-state index contributed by atoms with van der Waals surface area (Å²) in [6.07, 6.45) is 10.5. The van der Waals surface area contributed by atoms with Crippen LogP contribution < -0.4 is 5.46 Å². The van der Waals surface area contributed by atoms with Gasteiger partial charge >= 0.3 is 0 Å². The molecule has 1 aromatic carbocycles. The number of benzene rings is 1. The van der Waals surface area contributed by atoms with Crippen molar-refractivity contribution in [2.24, 2.45) is 5.92 Å². The molecular formula is C28H39BN3O. The summed E-state index contributed by atoms with van der Waals surface area (Å²) in [6, 6.07) is 13.5. The summed E-state index contributed by atoms with van der Waals surface area (Å²) in [5.74, 6) is 1.35. The molecule has 5 heteroatoms. The Morgan fingerprint density at radius 2 is 1.82 bits per heavy atom. The van der Waals surface area contributed by atoms with Crippen LogP contribution in [0.3, 0.4) is 0 Å². The van der Waals surface area contributed by atoms with Gasteiger partial charge in [-0.3, -0.25) is 4.98 Å². The Morgan fingerprint density at radius 3 is 2.45 bits per heavy atom. The lowest BCUT2D eigenvalue weighted by Crippen LogP contribution is -2.29. The minimum atomic E-state index is -0.0234. The number of fused-ring (bicyclic) bond motifs is 1. The molecule has 175 valence electrons.